The highest BCUT2D eigenvalue weighted by Crippen LogP contribution is 2.34. The smallest absolute Gasteiger partial charge is 0.416 e. The van der Waals surface area contributed by atoms with Crippen LogP contribution in [0, 0.1) is 5.92 Å². The van der Waals surface area contributed by atoms with E-state index in [1.807, 2.05) is 4.90 Å². The average Bonchev–Trinajstić information content (AvgIpc) is 2.69. The maximum absolute atomic E-state index is 12.9. The van der Waals surface area contributed by atoms with Crippen molar-refractivity contribution in [3.05, 3.63) is 36.2 Å². The molecule has 1 aromatic carbocycles. The second kappa shape index (κ2) is 8.54. The van der Waals surface area contributed by atoms with Crippen LogP contribution in [0.1, 0.15) is 25.3 Å². The van der Waals surface area contributed by atoms with E-state index < -0.39 is 11.7 Å². The molecule has 0 bridgehead atoms. The van der Waals surface area contributed by atoms with Crippen molar-refractivity contribution in [3.8, 4) is 0 Å². The van der Waals surface area contributed by atoms with Gasteiger partial charge >= 0.3 is 12.1 Å². The molecule has 0 unspecified atom stereocenters. The van der Waals surface area contributed by atoms with Crippen LogP contribution in [-0.2, 0) is 15.7 Å². The molecule has 3 N–H and O–H groups in total. The van der Waals surface area contributed by atoms with Crippen molar-refractivity contribution in [3.63, 3.8) is 0 Å². The van der Waals surface area contributed by atoms with Gasteiger partial charge < -0.3 is 20.7 Å². The van der Waals surface area contributed by atoms with Crippen molar-refractivity contribution in [2.75, 3.05) is 35.6 Å². The van der Waals surface area contributed by atoms with Gasteiger partial charge in [-0.15, -0.1) is 0 Å². The highest BCUT2D eigenvalue weighted by molar-refractivity contribution is 5.79. The Labute approximate surface area is 166 Å². The molecule has 7 nitrogen and oxygen atoms in total. The number of alkyl halides is 3. The van der Waals surface area contributed by atoms with E-state index in [9.17, 15) is 18.0 Å². The molecule has 156 valence electrons. The first-order chi connectivity index (χ1) is 13.8. The second-order valence-electron chi connectivity index (χ2n) is 6.68. The number of esters is 1. The molecular formula is C19H22F3N5O2. The fraction of sp³-hybridized carbons (Fsp3) is 0.421. The number of piperidine rings is 1. The van der Waals surface area contributed by atoms with Crippen LogP contribution in [0.25, 0.3) is 0 Å². The number of carbonyl (C=O) groups excluding carboxylic acids is 1. The van der Waals surface area contributed by atoms with Gasteiger partial charge in [0.15, 0.2) is 11.6 Å². The van der Waals surface area contributed by atoms with Gasteiger partial charge in [0.2, 0.25) is 0 Å². The van der Waals surface area contributed by atoms with Gasteiger partial charge in [0, 0.05) is 18.8 Å². The van der Waals surface area contributed by atoms with Crippen LogP contribution >= 0.6 is 0 Å². The highest BCUT2D eigenvalue weighted by Gasteiger charge is 2.31. The minimum absolute atomic E-state index is 0.156. The maximum atomic E-state index is 12.9. The predicted octanol–water partition coefficient (Wildman–Crippen LogP) is 3.60. The minimum Gasteiger partial charge on any atom is -0.466 e. The molecule has 0 aliphatic carbocycles. The number of aromatic nitrogens is 2. The summed E-state index contributed by atoms with van der Waals surface area (Å²) in [7, 11) is 0. The number of nitrogens with one attached hydrogen (secondary N) is 1. The summed E-state index contributed by atoms with van der Waals surface area (Å²) < 4.78 is 43.8. The molecule has 1 saturated heterocycles. The minimum atomic E-state index is -4.44. The van der Waals surface area contributed by atoms with Gasteiger partial charge in [0.05, 0.1) is 18.1 Å². The Kier molecular flexibility index (Phi) is 6.09. The van der Waals surface area contributed by atoms with Crippen LogP contribution in [-0.4, -0.2) is 35.6 Å². The Morgan fingerprint density at radius 2 is 2.03 bits per heavy atom. The third-order valence-electron chi connectivity index (χ3n) is 4.73. The number of nitrogen functional groups attached to an aromatic ring is 1. The highest BCUT2D eigenvalue weighted by atomic mass is 19.4. The van der Waals surface area contributed by atoms with Gasteiger partial charge in [-0.2, -0.15) is 13.2 Å². The van der Waals surface area contributed by atoms with E-state index in [-0.39, 0.29) is 29.1 Å². The lowest BCUT2D eigenvalue weighted by atomic mass is 9.97. The lowest BCUT2D eigenvalue weighted by molar-refractivity contribution is -0.148. The van der Waals surface area contributed by atoms with E-state index in [0.717, 1.165) is 12.1 Å². The molecule has 3 rings (SSSR count). The van der Waals surface area contributed by atoms with Gasteiger partial charge in [-0.05, 0) is 38.0 Å². The summed E-state index contributed by atoms with van der Waals surface area (Å²) in [6.07, 6.45) is -1.92. The third-order valence-corrected chi connectivity index (χ3v) is 4.73. The number of rotatable bonds is 5. The molecule has 10 heteroatoms. The molecule has 2 aromatic rings. The Morgan fingerprint density at radius 1 is 1.31 bits per heavy atom. The molecule has 0 saturated carbocycles. The molecule has 29 heavy (non-hydrogen) atoms. The Hall–Kier alpha value is -3.04. The molecule has 0 spiro atoms. The maximum Gasteiger partial charge on any atom is 0.416 e. The molecule has 1 aliphatic heterocycles. The van der Waals surface area contributed by atoms with E-state index in [1.54, 1.807) is 6.92 Å². The first-order valence-electron chi connectivity index (χ1n) is 9.26. The van der Waals surface area contributed by atoms with E-state index in [0.29, 0.717) is 38.4 Å². The molecule has 0 atom stereocenters. The average molecular weight is 409 g/mol. The van der Waals surface area contributed by atoms with Crippen LogP contribution in [0.15, 0.2) is 30.6 Å². The number of carbonyl (C=O) groups is 1. The number of benzene rings is 1. The van der Waals surface area contributed by atoms with Crippen molar-refractivity contribution in [2.24, 2.45) is 5.92 Å². The number of anilines is 4. The van der Waals surface area contributed by atoms with E-state index >= 15 is 0 Å². The Balaban J connectivity index is 1.73. The molecule has 0 amide bonds. The summed E-state index contributed by atoms with van der Waals surface area (Å²) in [5, 5.41) is 2.83. The van der Waals surface area contributed by atoms with Crippen molar-refractivity contribution in [1.29, 1.82) is 0 Å². The largest absolute Gasteiger partial charge is 0.466 e. The SMILES string of the molecule is CCOC(=O)C1CCN(c2ncnc(Nc3cccc(C(F)(F)F)c3)c2N)CC1. The van der Waals surface area contributed by atoms with Crippen molar-refractivity contribution in [2.45, 2.75) is 25.9 Å². The van der Waals surface area contributed by atoms with Crippen LogP contribution < -0.4 is 16.0 Å². The van der Waals surface area contributed by atoms with Crippen molar-refractivity contribution in [1.82, 2.24) is 9.97 Å². The molecule has 0 radical (unpaired) electrons. The first-order valence-corrected chi connectivity index (χ1v) is 9.26. The summed E-state index contributed by atoms with van der Waals surface area (Å²) in [5.41, 5.74) is 5.87. The summed E-state index contributed by atoms with van der Waals surface area (Å²) in [6, 6.07) is 4.80. The van der Waals surface area contributed by atoms with E-state index in [2.05, 4.69) is 15.3 Å². The van der Waals surface area contributed by atoms with Gasteiger partial charge in [-0.1, -0.05) is 6.07 Å². The Morgan fingerprint density at radius 3 is 2.69 bits per heavy atom. The second-order valence-corrected chi connectivity index (χ2v) is 6.68. The van der Waals surface area contributed by atoms with Crippen LogP contribution in [0.3, 0.4) is 0 Å². The van der Waals surface area contributed by atoms with Gasteiger partial charge in [0.1, 0.15) is 12.0 Å². The topological polar surface area (TPSA) is 93.4 Å². The van der Waals surface area contributed by atoms with Gasteiger partial charge in [-0.3, -0.25) is 4.79 Å². The fourth-order valence-electron chi connectivity index (χ4n) is 3.23. The van der Waals surface area contributed by atoms with E-state index in [4.69, 9.17) is 10.5 Å². The summed E-state index contributed by atoms with van der Waals surface area (Å²) in [4.78, 5) is 22.1. The molecular weight excluding hydrogens is 387 g/mol. The van der Waals surface area contributed by atoms with Gasteiger partial charge in [-0.25, -0.2) is 9.97 Å². The molecule has 1 aromatic heterocycles. The zero-order chi connectivity index (χ0) is 21.0. The summed E-state index contributed by atoms with van der Waals surface area (Å²) >= 11 is 0. The number of halogens is 3. The zero-order valence-electron chi connectivity index (χ0n) is 15.9. The van der Waals surface area contributed by atoms with Crippen LogP contribution in [0.2, 0.25) is 0 Å². The number of nitrogens with two attached hydrogens (primary N) is 1. The van der Waals surface area contributed by atoms with Crippen LogP contribution in [0.5, 0.6) is 0 Å². The zero-order valence-corrected chi connectivity index (χ0v) is 15.9. The number of ether oxygens (including phenoxy) is 1. The predicted molar refractivity (Wildman–Crippen MR) is 103 cm³/mol. The molecule has 2 heterocycles. The molecule has 1 aliphatic rings. The fourth-order valence-corrected chi connectivity index (χ4v) is 3.23. The lowest BCUT2D eigenvalue weighted by Crippen LogP contribution is -2.37. The summed E-state index contributed by atoms with van der Waals surface area (Å²) in [5.74, 6) is 0.352. The van der Waals surface area contributed by atoms with Crippen LogP contribution in [0.4, 0.5) is 36.2 Å². The lowest BCUT2D eigenvalue weighted by Gasteiger charge is -2.32. The summed E-state index contributed by atoms with van der Waals surface area (Å²) in [6.45, 7) is 3.25. The van der Waals surface area contributed by atoms with Gasteiger partial charge in [0.25, 0.3) is 0 Å². The first kappa shape index (κ1) is 20.7. The number of hydrogen-bond acceptors (Lipinski definition) is 7. The number of hydrogen-bond donors (Lipinski definition) is 2. The standard InChI is InChI=1S/C19H22F3N5O2/c1-2-29-18(28)12-6-8-27(9-7-12)17-15(23)16(24-11-25-17)26-14-5-3-4-13(10-14)19(20,21)22/h3-5,10-12H,2,6-9,23H2,1H3,(H,24,25,26). The third kappa shape index (κ3) is 4.87. The number of nitrogens with zero attached hydrogens (tertiary/aromatic N) is 3. The van der Waals surface area contributed by atoms with Crippen molar-refractivity contribution >= 4 is 29.0 Å². The van der Waals surface area contributed by atoms with E-state index in [1.165, 1.54) is 18.5 Å². The monoisotopic (exact) mass is 409 g/mol. The Bertz CT molecular complexity index is 867. The normalized spacial score (nSPS) is 15.2. The van der Waals surface area contributed by atoms with Crippen molar-refractivity contribution < 1.29 is 22.7 Å². The molecule has 1 fully saturated rings. The quantitative estimate of drug-likeness (QED) is 0.729.